The highest BCUT2D eigenvalue weighted by Crippen LogP contribution is 2.35. The van der Waals surface area contributed by atoms with Crippen LogP contribution in [-0.2, 0) is 6.42 Å². The van der Waals surface area contributed by atoms with Gasteiger partial charge in [0.1, 0.15) is 0 Å². The van der Waals surface area contributed by atoms with Crippen LogP contribution in [0.15, 0.2) is 30.3 Å². The van der Waals surface area contributed by atoms with Gasteiger partial charge >= 0.3 is 0 Å². The van der Waals surface area contributed by atoms with E-state index >= 15 is 0 Å². The highest BCUT2D eigenvalue weighted by atomic mass is 15.2. The summed E-state index contributed by atoms with van der Waals surface area (Å²) in [5, 5.41) is 0. The van der Waals surface area contributed by atoms with E-state index in [9.17, 15) is 0 Å². The van der Waals surface area contributed by atoms with Crippen molar-refractivity contribution < 1.29 is 0 Å². The predicted octanol–water partition coefficient (Wildman–Crippen LogP) is 3.91. The SMILES string of the molecule is CC(C)C1CCC(C(CCc2ccccc2)NN)CC1. The lowest BCUT2D eigenvalue weighted by Crippen LogP contribution is -2.42. The topological polar surface area (TPSA) is 38.0 Å². The second kappa shape index (κ2) is 7.80. The molecule has 0 bridgehead atoms. The Hall–Kier alpha value is -0.860. The van der Waals surface area contributed by atoms with Gasteiger partial charge in [0, 0.05) is 6.04 Å². The molecule has 0 aromatic heterocycles. The third-order valence-electron chi connectivity index (χ3n) is 5.13. The summed E-state index contributed by atoms with van der Waals surface area (Å²) >= 11 is 0. The first kappa shape index (κ1) is 15.5. The molecule has 1 aliphatic carbocycles. The van der Waals surface area contributed by atoms with Crippen LogP contribution in [0.5, 0.6) is 0 Å². The molecule has 2 heteroatoms. The van der Waals surface area contributed by atoms with Gasteiger partial charge in [-0.1, -0.05) is 44.2 Å². The van der Waals surface area contributed by atoms with Crippen molar-refractivity contribution in [2.75, 3.05) is 0 Å². The number of rotatable bonds is 6. The maximum Gasteiger partial charge on any atom is 0.0241 e. The third-order valence-corrected chi connectivity index (χ3v) is 5.13. The molecular formula is C18H30N2. The van der Waals surface area contributed by atoms with Crippen molar-refractivity contribution in [3.63, 3.8) is 0 Å². The van der Waals surface area contributed by atoms with Crippen LogP contribution in [0.4, 0.5) is 0 Å². The van der Waals surface area contributed by atoms with E-state index in [2.05, 4.69) is 49.6 Å². The molecule has 0 heterocycles. The molecule has 1 aromatic carbocycles. The van der Waals surface area contributed by atoms with Crippen LogP contribution in [0.3, 0.4) is 0 Å². The third kappa shape index (κ3) is 4.32. The first-order valence-corrected chi connectivity index (χ1v) is 8.20. The number of hydrogen-bond donors (Lipinski definition) is 2. The zero-order valence-corrected chi connectivity index (χ0v) is 13.0. The largest absolute Gasteiger partial charge is 0.271 e. The fraction of sp³-hybridized carbons (Fsp3) is 0.667. The summed E-state index contributed by atoms with van der Waals surface area (Å²) < 4.78 is 0. The molecule has 20 heavy (non-hydrogen) atoms. The van der Waals surface area contributed by atoms with Gasteiger partial charge in [-0.25, -0.2) is 0 Å². The number of hydrogen-bond acceptors (Lipinski definition) is 2. The van der Waals surface area contributed by atoms with E-state index in [1.165, 1.54) is 31.2 Å². The molecule has 112 valence electrons. The number of aryl methyl sites for hydroxylation is 1. The second-order valence-electron chi connectivity index (χ2n) is 6.72. The average Bonchev–Trinajstić information content (AvgIpc) is 2.49. The van der Waals surface area contributed by atoms with Crippen molar-refractivity contribution in [3.8, 4) is 0 Å². The van der Waals surface area contributed by atoms with Crippen LogP contribution in [0.2, 0.25) is 0 Å². The monoisotopic (exact) mass is 274 g/mol. The Kier molecular flexibility index (Phi) is 6.06. The number of nitrogens with two attached hydrogens (primary N) is 1. The van der Waals surface area contributed by atoms with Crippen LogP contribution in [-0.4, -0.2) is 6.04 Å². The summed E-state index contributed by atoms with van der Waals surface area (Å²) in [5.74, 6) is 8.34. The molecule has 0 saturated heterocycles. The van der Waals surface area contributed by atoms with Gasteiger partial charge < -0.3 is 0 Å². The van der Waals surface area contributed by atoms with Crippen molar-refractivity contribution in [2.24, 2.45) is 23.6 Å². The Labute approximate surface area is 124 Å². The summed E-state index contributed by atoms with van der Waals surface area (Å²) in [6.45, 7) is 4.72. The standard InChI is InChI=1S/C18H30N2/c1-14(2)16-9-11-17(12-10-16)18(20-19)13-8-15-6-4-3-5-7-15/h3-7,14,16-18,20H,8-13,19H2,1-2H3. The van der Waals surface area contributed by atoms with Crippen LogP contribution >= 0.6 is 0 Å². The molecule has 0 radical (unpaired) electrons. The molecule has 2 rings (SSSR count). The van der Waals surface area contributed by atoms with E-state index in [0.29, 0.717) is 6.04 Å². The second-order valence-corrected chi connectivity index (χ2v) is 6.72. The summed E-state index contributed by atoms with van der Waals surface area (Å²) in [7, 11) is 0. The Bertz CT molecular complexity index is 366. The van der Waals surface area contributed by atoms with Crippen LogP contribution in [0, 0.1) is 17.8 Å². The minimum atomic E-state index is 0.475. The molecule has 2 nitrogen and oxygen atoms in total. The highest BCUT2D eigenvalue weighted by Gasteiger charge is 2.27. The summed E-state index contributed by atoms with van der Waals surface area (Å²) in [6.07, 6.45) is 7.72. The lowest BCUT2D eigenvalue weighted by Gasteiger charge is -2.35. The molecule has 1 aromatic rings. The maximum atomic E-state index is 5.81. The molecule has 1 atom stereocenters. The molecule has 1 fully saturated rings. The zero-order valence-electron chi connectivity index (χ0n) is 13.0. The van der Waals surface area contributed by atoms with Gasteiger partial charge in [0.15, 0.2) is 0 Å². The minimum Gasteiger partial charge on any atom is -0.271 e. The molecule has 3 N–H and O–H groups in total. The maximum absolute atomic E-state index is 5.81. The van der Waals surface area contributed by atoms with Gasteiger partial charge in [0.25, 0.3) is 0 Å². The van der Waals surface area contributed by atoms with Crippen molar-refractivity contribution in [2.45, 2.75) is 58.4 Å². The van der Waals surface area contributed by atoms with Crippen LogP contribution in [0.1, 0.15) is 51.5 Å². The molecular weight excluding hydrogens is 244 g/mol. The van der Waals surface area contributed by atoms with Gasteiger partial charge in [-0.05, 0) is 61.8 Å². The first-order chi connectivity index (χ1) is 9.70. The average molecular weight is 274 g/mol. The minimum absolute atomic E-state index is 0.475. The van der Waals surface area contributed by atoms with E-state index in [-0.39, 0.29) is 0 Å². The predicted molar refractivity (Wildman–Crippen MR) is 86.2 cm³/mol. The smallest absolute Gasteiger partial charge is 0.0241 e. The molecule has 0 amide bonds. The van der Waals surface area contributed by atoms with E-state index in [1.807, 2.05) is 0 Å². The Morgan fingerprint density at radius 2 is 1.65 bits per heavy atom. The first-order valence-electron chi connectivity index (χ1n) is 8.20. The van der Waals surface area contributed by atoms with E-state index in [0.717, 1.165) is 30.6 Å². The van der Waals surface area contributed by atoms with Crippen LogP contribution < -0.4 is 11.3 Å². The van der Waals surface area contributed by atoms with E-state index in [1.54, 1.807) is 0 Å². The van der Waals surface area contributed by atoms with E-state index < -0.39 is 0 Å². The quantitative estimate of drug-likeness (QED) is 0.609. The lowest BCUT2D eigenvalue weighted by atomic mass is 9.74. The molecule has 0 aliphatic heterocycles. The molecule has 0 spiro atoms. The van der Waals surface area contributed by atoms with Gasteiger partial charge in [0.2, 0.25) is 0 Å². The molecule has 1 aliphatic rings. The summed E-state index contributed by atoms with van der Waals surface area (Å²) in [4.78, 5) is 0. The van der Waals surface area contributed by atoms with Crippen molar-refractivity contribution >= 4 is 0 Å². The normalized spacial score (nSPS) is 24.8. The Morgan fingerprint density at radius 1 is 1.05 bits per heavy atom. The van der Waals surface area contributed by atoms with Gasteiger partial charge in [-0.2, -0.15) is 0 Å². The van der Waals surface area contributed by atoms with Gasteiger partial charge in [-0.15, -0.1) is 0 Å². The number of hydrazine groups is 1. The fourth-order valence-electron chi connectivity index (χ4n) is 3.64. The van der Waals surface area contributed by atoms with Crippen LogP contribution in [0.25, 0.3) is 0 Å². The highest BCUT2D eigenvalue weighted by molar-refractivity contribution is 5.14. The Balaban J connectivity index is 1.80. The van der Waals surface area contributed by atoms with Crippen molar-refractivity contribution in [1.82, 2.24) is 5.43 Å². The van der Waals surface area contributed by atoms with Gasteiger partial charge in [-0.3, -0.25) is 11.3 Å². The van der Waals surface area contributed by atoms with Crippen molar-refractivity contribution in [1.29, 1.82) is 0 Å². The summed E-state index contributed by atoms with van der Waals surface area (Å²) in [5.41, 5.74) is 4.51. The number of nitrogens with one attached hydrogen (secondary N) is 1. The van der Waals surface area contributed by atoms with E-state index in [4.69, 9.17) is 5.84 Å². The zero-order chi connectivity index (χ0) is 14.4. The van der Waals surface area contributed by atoms with Gasteiger partial charge in [0.05, 0.1) is 0 Å². The fourth-order valence-corrected chi connectivity index (χ4v) is 3.64. The summed E-state index contributed by atoms with van der Waals surface area (Å²) in [6, 6.07) is 11.2. The molecule has 1 saturated carbocycles. The molecule has 1 unspecified atom stereocenters. The Morgan fingerprint density at radius 3 is 2.20 bits per heavy atom. The lowest BCUT2D eigenvalue weighted by molar-refractivity contribution is 0.184. The number of benzene rings is 1. The van der Waals surface area contributed by atoms with Crippen molar-refractivity contribution in [3.05, 3.63) is 35.9 Å².